The van der Waals surface area contributed by atoms with Crippen LogP contribution in [-0.2, 0) is 14.4 Å². The highest BCUT2D eigenvalue weighted by Gasteiger charge is 2.40. The molecule has 1 N–H and O–H groups in total. The number of amides is 3. The first-order valence-electron chi connectivity index (χ1n) is 11.1. The molecule has 1 saturated heterocycles. The zero-order valence-electron chi connectivity index (χ0n) is 19.1. The standard InChI is InChI=1S/C27H26N2O4S/c1-18(2)19-8-12-21(13-9-19)29-26(31)16-24(27(29)32)34-23-14-10-20(11-15-23)28-25(30)17-33-22-6-4-3-5-7-22/h3-15,18,24H,16-17H2,1-2H3,(H,28,30). The largest absolute Gasteiger partial charge is 0.484 e. The van der Waals surface area contributed by atoms with Gasteiger partial charge >= 0.3 is 0 Å². The molecule has 4 rings (SSSR count). The lowest BCUT2D eigenvalue weighted by molar-refractivity contribution is -0.121. The van der Waals surface area contributed by atoms with Gasteiger partial charge in [-0.15, -0.1) is 11.8 Å². The summed E-state index contributed by atoms with van der Waals surface area (Å²) in [5.74, 6) is 0.348. The van der Waals surface area contributed by atoms with Gasteiger partial charge in [0.05, 0.1) is 10.9 Å². The summed E-state index contributed by atoms with van der Waals surface area (Å²) >= 11 is 1.36. The lowest BCUT2D eigenvalue weighted by Gasteiger charge is -2.16. The highest BCUT2D eigenvalue weighted by atomic mass is 32.2. The zero-order valence-corrected chi connectivity index (χ0v) is 19.9. The van der Waals surface area contributed by atoms with Crippen LogP contribution in [0.5, 0.6) is 5.75 Å². The topological polar surface area (TPSA) is 75.7 Å². The maximum absolute atomic E-state index is 13.0. The molecule has 1 heterocycles. The zero-order chi connectivity index (χ0) is 24.1. The van der Waals surface area contributed by atoms with Crippen LogP contribution in [0.15, 0.2) is 83.8 Å². The summed E-state index contributed by atoms with van der Waals surface area (Å²) in [6.45, 7) is 4.11. The number of hydrogen-bond donors (Lipinski definition) is 1. The van der Waals surface area contributed by atoms with E-state index in [1.165, 1.54) is 16.7 Å². The van der Waals surface area contributed by atoms with Crippen LogP contribution in [-0.4, -0.2) is 29.6 Å². The van der Waals surface area contributed by atoms with Gasteiger partial charge in [0.2, 0.25) is 11.8 Å². The number of imide groups is 1. The molecule has 1 atom stereocenters. The first kappa shape index (κ1) is 23.6. The summed E-state index contributed by atoms with van der Waals surface area (Å²) in [6, 6.07) is 23.9. The van der Waals surface area contributed by atoms with Gasteiger partial charge < -0.3 is 10.1 Å². The molecule has 34 heavy (non-hydrogen) atoms. The van der Waals surface area contributed by atoms with Crippen LogP contribution in [0.1, 0.15) is 31.7 Å². The van der Waals surface area contributed by atoms with Crippen molar-refractivity contribution in [2.24, 2.45) is 0 Å². The molecule has 0 aromatic heterocycles. The van der Waals surface area contributed by atoms with E-state index in [2.05, 4.69) is 19.2 Å². The molecule has 174 valence electrons. The van der Waals surface area contributed by atoms with E-state index in [-0.39, 0.29) is 30.7 Å². The first-order chi connectivity index (χ1) is 16.4. The number of carbonyl (C=O) groups excluding carboxylic acids is 3. The maximum Gasteiger partial charge on any atom is 0.262 e. The molecule has 6 nitrogen and oxygen atoms in total. The smallest absolute Gasteiger partial charge is 0.262 e. The molecule has 3 aromatic carbocycles. The second-order valence-corrected chi connectivity index (χ2v) is 9.57. The summed E-state index contributed by atoms with van der Waals surface area (Å²) in [6.07, 6.45) is 0.157. The van der Waals surface area contributed by atoms with Crippen LogP contribution in [0.25, 0.3) is 0 Å². The van der Waals surface area contributed by atoms with Crippen molar-refractivity contribution in [2.45, 2.75) is 36.3 Å². The molecule has 1 unspecified atom stereocenters. The van der Waals surface area contributed by atoms with Crippen LogP contribution in [0.3, 0.4) is 0 Å². The molecule has 0 aliphatic carbocycles. The summed E-state index contributed by atoms with van der Waals surface area (Å²) < 4.78 is 5.45. The molecule has 0 saturated carbocycles. The number of nitrogens with zero attached hydrogens (tertiary/aromatic N) is 1. The molecule has 0 bridgehead atoms. The lowest BCUT2D eigenvalue weighted by Crippen LogP contribution is -2.31. The highest BCUT2D eigenvalue weighted by Crippen LogP contribution is 2.34. The van der Waals surface area contributed by atoms with Crippen LogP contribution < -0.4 is 15.0 Å². The third-order valence-corrected chi connectivity index (χ3v) is 6.65. The quantitative estimate of drug-likeness (QED) is 0.451. The average molecular weight is 475 g/mol. The van der Waals surface area contributed by atoms with Gasteiger partial charge in [-0.05, 0) is 60.0 Å². The van der Waals surface area contributed by atoms with E-state index < -0.39 is 5.25 Å². The Morgan fingerprint density at radius 3 is 2.32 bits per heavy atom. The predicted octanol–water partition coefficient (Wildman–Crippen LogP) is 5.25. The van der Waals surface area contributed by atoms with Crippen molar-refractivity contribution in [1.82, 2.24) is 0 Å². The molecule has 3 aromatic rings. The van der Waals surface area contributed by atoms with Gasteiger partial charge in [-0.25, -0.2) is 4.90 Å². The normalized spacial score (nSPS) is 15.6. The van der Waals surface area contributed by atoms with Crippen molar-refractivity contribution in [3.63, 3.8) is 0 Å². The Morgan fingerprint density at radius 2 is 1.68 bits per heavy atom. The van der Waals surface area contributed by atoms with Gasteiger partial charge in [-0.2, -0.15) is 0 Å². The van der Waals surface area contributed by atoms with Crippen LogP contribution >= 0.6 is 11.8 Å². The number of hydrogen-bond acceptors (Lipinski definition) is 5. The van der Waals surface area contributed by atoms with Gasteiger partial charge in [0.25, 0.3) is 5.91 Å². The Kier molecular flexibility index (Phi) is 7.33. The van der Waals surface area contributed by atoms with E-state index in [4.69, 9.17) is 4.74 Å². The molecule has 1 aliphatic rings. The van der Waals surface area contributed by atoms with Crippen LogP contribution in [0.2, 0.25) is 0 Å². The van der Waals surface area contributed by atoms with Crippen molar-refractivity contribution in [3.8, 4) is 5.75 Å². The minimum Gasteiger partial charge on any atom is -0.484 e. The van der Waals surface area contributed by atoms with E-state index in [9.17, 15) is 14.4 Å². The van der Waals surface area contributed by atoms with Crippen molar-refractivity contribution >= 4 is 40.9 Å². The molecule has 0 spiro atoms. The van der Waals surface area contributed by atoms with Gasteiger partial charge in [0.1, 0.15) is 5.75 Å². The lowest BCUT2D eigenvalue weighted by atomic mass is 10.0. The number of rotatable bonds is 8. The second kappa shape index (κ2) is 10.6. The number of benzene rings is 3. The summed E-state index contributed by atoms with van der Waals surface area (Å²) in [5.41, 5.74) is 2.40. The average Bonchev–Trinajstić information content (AvgIpc) is 3.12. The van der Waals surface area contributed by atoms with Crippen molar-refractivity contribution in [3.05, 3.63) is 84.4 Å². The first-order valence-corrected chi connectivity index (χ1v) is 12.0. The number of carbonyl (C=O) groups is 3. The van der Waals surface area contributed by atoms with E-state index >= 15 is 0 Å². The molecule has 1 fully saturated rings. The van der Waals surface area contributed by atoms with E-state index in [1.807, 2.05) is 54.6 Å². The molecule has 7 heteroatoms. The second-order valence-electron chi connectivity index (χ2n) is 8.30. The monoisotopic (exact) mass is 474 g/mol. The number of para-hydroxylation sites is 1. The fourth-order valence-corrected chi connectivity index (χ4v) is 4.67. The molecule has 3 amide bonds. The van der Waals surface area contributed by atoms with Crippen molar-refractivity contribution in [1.29, 1.82) is 0 Å². The Hall–Kier alpha value is -3.58. The summed E-state index contributed by atoms with van der Waals surface area (Å²) in [5, 5.41) is 2.31. The van der Waals surface area contributed by atoms with Gasteiger partial charge in [-0.3, -0.25) is 14.4 Å². The number of anilines is 2. The minimum atomic E-state index is -0.475. The number of nitrogens with one attached hydrogen (secondary N) is 1. The van der Waals surface area contributed by atoms with E-state index in [1.54, 1.807) is 24.3 Å². The van der Waals surface area contributed by atoms with Crippen molar-refractivity contribution in [2.75, 3.05) is 16.8 Å². The Balaban J connectivity index is 1.32. The Labute approximate surface area is 203 Å². The molecule has 0 radical (unpaired) electrons. The maximum atomic E-state index is 13.0. The van der Waals surface area contributed by atoms with Crippen LogP contribution in [0.4, 0.5) is 11.4 Å². The molecular formula is C27H26N2O4S. The fourth-order valence-electron chi connectivity index (χ4n) is 3.62. The third-order valence-electron chi connectivity index (χ3n) is 5.45. The summed E-state index contributed by atoms with van der Waals surface area (Å²) in [7, 11) is 0. The molecule has 1 aliphatic heterocycles. The SMILES string of the molecule is CC(C)c1ccc(N2C(=O)CC(Sc3ccc(NC(=O)COc4ccccc4)cc3)C2=O)cc1. The number of ether oxygens (including phenoxy) is 1. The minimum absolute atomic E-state index is 0.0901. The Morgan fingerprint density at radius 1 is 1.00 bits per heavy atom. The third kappa shape index (κ3) is 5.66. The van der Waals surface area contributed by atoms with E-state index in [0.29, 0.717) is 23.0 Å². The Bertz CT molecular complexity index is 1160. The van der Waals surface area contributed by atoms with Gasteiger partial charge in [0, 0.05) is 17.0 Å². The molecular weight excluding hydrogens is 448 g/mol. The van der Waals surface area contributed by atoms with Gasteiger partial charge in [-0.1, -0.05) is 44.2 Å². The van der Waals surface area contributed by atoms with Crippen molar-refractivity contribution < 1.29 is 19.1 Å². The predicted molar refractivity (Wildman–Crippen MR) is 134 cm³/mol. The highest BCUT2D eigenvalue weighted by molar-refractivity contribution is 8.00. The number of thioether (sulfide) groups is 1. The van der Waals surface area contributed by atoms with Gasteiger partial charge in [0.15, 0.2) is 6.61 Å². The van der Waals surface area contributed by atoms with Crippen LogP contribution in [0, 0.1) is 0 Å². The van der Waals surface area contributed by atoms with E-state index in [0.717, 1.165) is 10.5 Å². The summed E-state index contributed by atoms with van der Waals surface area (Å²) in [4.78, 5) is 39.8. The fraction of sp³-hybridized carbons (Fsp3) is 0.222.